The molecule has 1 heterocycles. The van der Waals surface area contributed by atoms with Gasteiger partial charge >= 0.3 is 23.6 Å². The summed E-state index contributed by atoms with van der Waals surface area (Å²) in [5.74, 6) is -2.64. The molecule has 1 aromatic rings. The molecule has 11 heteroatoms. The van der Waals surface area contributed by atoms with E-state index in [0.29, 0.717) is 0 Å². The van der Waals surface area contributed by atoms with Gasteiger partial charge in [0, 0.05) is 11.6 Å². The molecule has 0 saturated heterocycles. The molecule has 0 saturated carbocycles. The van der Waals surface area contributed by atoms with E-state index in [9.17, 15) is 19.7 Å². The number of carbonyl (C=O) groups is 2. The number of nitro groups is 1. The van der Waals surface area contributed by atoms with Gasteiger partial charge in [-0.15, -0.1) is 0 Å². The van der Waals surface area contributed by atoms with Crippen molar-refractivity contribution in [3.63, 3.8) is 0 Å². The number of ether oxygens (including phenoxy) is 1. The summed E-state index contributed by atoms with van der Waals surface area (Å²) in [7, 11) is 2.40. The van der Waals surface area contributed by atoms with E-state index >= 15 is 0 Å². The maximum Gasteiger partial charge on any atom is 0.491 e. The normalized spacial score (nSPS) is 10.2. The summed E-state index contributed by atoms with van der Waals surface area (Å²) in [6.45, 7) is 1.35. The molecular weight excluding hydrogens is 274 g/mol. The SMILES string of the molecule is CCN(OC)C(=O)c1nc([N+](=O)[O-])nn1CC(=O)OC. The molecule has 110 valence electrons. The van der Waals surface area contributed by atoms with Gasteiger partial charge in [0.2, 0.25) is 0 Å². The maximum absolute atomic E-state index is 12.0. The van der Waals surface area contributed by atoms with Crippen molar-refractivity contribution in [1.82, 2.24) is 19.8 Å². The Kier molecular flexibility index (Phi) is 5.08. The Bertz CT molecular complexity index is 523. The number of rotatable bonds is 6. The van der Waals surface area contributed by atoms with Crippen LogP contribution in [-0.2, 0) is 20.9 Å². The van der Waals surface area contributed by atoms with E-state index in [0.717, 1.165) is 16.9 Å². The van der Waals surface area contributed by atoms with Gasteiger partial charge in [-0.2, -0.15) is 4.68 Å². The molecule has 11 nitrogen and oxygen atoms in total. The molecule has 0 spiro atoms. The second kappa shape index (κ2) is 6.56. The van der Waals surface area contributed by atoms with Crippen molar-refractivity contribution in [3.05, 3.63) is 15.9 Å². The molecule has 20 heavy (non-hydrogen) atoms. The smallest absolute Gasteiger partial charge is 0.468 e. The molecule has 0 unspecified atom stereocenters. The van der Waals surface area contributed by atoms with Gasteiger partial charge in [0.1, 0.15) is 0 Å². The molecule has 1 amide bonds. The molecule has 0 aromatic carbocycles. The van der Waals surface area contributed by atoms with Gasteiger partial charge in [-0.05, 0) is 16.8 Å². The number of carbonyl (C=O) groups excluding carboxylic acids is 2. The number of amides is 1. The fraction of sp³-hybridized carbons (Fsp3) is 0.556. The zero-order valence-electron chi connectivity index (χ0n) is 11.1. The molecule has 0 atom stereocenters. The lowest BCUT2D eigenvalue weighted by atomic mass is 10.5. The second-order valence-corrected chi connectivity index (χ2v) is 3.41. The van der Waals surface area contributed by atoms with E-state index in [-0.39, 0.29) is 12.4 Å². The molecule has 0 bridgehead atoms. The molecule has 1 aromatic heterocycles. The molecule has 0 radical (unpaired) electrons. The predicted octanol–water partition coefficient (Wildman–Crippen LogP) is -0.617. The summed E-state index contributed by atoms with van der Waals surface area (Å²) in [5, 5.41) is 15.0. The number of esters is 1. The quantitative estimate of drug-likeness (QED) is 0.384. The van der Waals surface area contributed by atoms with Crippen LogP contribution in [0.25, 0.3) is 0 Å². The van der Waals surface area contributed by atoms with Crippen LogP contribution in [0.4, 0.5) is 5.95 Å². The first-order chi connectivity index (χ1) is 9.44. The standard InChI is InChI=1S/C9H13N5O6/c1-4-13(20-3)8(16)7-10-9(14(17)18)11-12(7)5-6(15)19-2/h4-5H2,1-3H3. The van der Waals surface area contributed by atoms with Crippen LogP contribution in [0.15, 0.2) is 0 Å². The predicted molar refractivity (Wildman–Crippen MR) is 62.4 cm³/mol. The summed E-state index contributed by atoms with van der Waals surface area (Å²) < 4.78 is 5.22. The number of hydrogen-bond acceptors (Lipinski definition) is 8. The highest BCUT2D eigenvalue weighted by atomic mass is 16.7. The van der Waals surface area contributed by atoms with Gasteiger partial charge in [-0.25, -0.2) is 5.06 Å². The fourth-order valence-electron chi connectivity index (χ4n) is 1.33. The molecule has 0 aliphatic heterocycles. The summed E-state index contributed by atoms with van der Waals surface area (Å²) in [4.78, 5) is 41.3. The monoisotopic (exact) mass is 287 g/mol. The second-order valence-electron chi connectivity index (χ2n) is 3.41. The van der Waals surface area contributed by atoms with Crippen LogP contribution >= 0.6 is 0 Å². The molecule has 1 rings (SSSR count). The largest absolute Gasteiger partial charge is 0.491 e. The third-order valence-electron chi connectivity index (χ3n) is 2.26. The Morgan fingerprint density at radius 3 is 2.55 bits per heavy atom. The van der Waals surface area contributed by atoms with Crippen molar-refractivity contribution in [3.8, 4) is 0 Å². The van der Waals surface area contributed by atoms with Crippen LogP contribution < -0.4 is 0 Å². The van der Waals surface area contributed by atoms with E-state index in [1.54, 1.807) is 6.92 Å². The van der Waals surface area contributed by atoms with Crippen LogP contribution in [0.3, 0.4) is 0 Å². The Morgan fingerprint density at radius 1 is 1.45 bits per heavy atom. The maximum atomic E-state index is 12.0. The van der Waals surface area contributed by atoms with E-state index in [1.807, 2.05) is 0 Å². The number of nitrogens with zero attached hydrogens (tertiary/aromatic N) is 5. The van der Waals surface area contributed by atoms with Gasteiger partial charge in [-0.3, -0.25) is 14.4 Å². The Morgan fingerprint density at radius 2 is 2.10 bits per heavy atom. The lowest BCUT2D eigenvalue weighted by Crippen LogP contribution is -2.32. The van der Waals surface area contributed by atoms with Crippen LogP contribution in [0.1, 0.15) is 17.5 Å². The first-order valence-corrected chi connectivity index (χ1v) is 5.46. The van der Waals surface area contributed by atoms with Crippen molar-refractivity contribution in [2.75, 3.05) is 20.8 Å². The molecular formula is C9H13N5O6. The zero-order valence-corrected chi connectivity index (χ0v) is 11.1. The van der Waals surface area contributed by atoms with Crippen molar-refractivity contribution < 1.29 is 24.1 Å². The van der Waals surface area contributed by atoms with E-state index in [1.165, 1.54) is 7.11 Å². The first kappa shape index (κ1) is 15.5. The van der Waals surface area contributed by atoms with E-state index in [2.05, 4.69) is 14.8 Å². The van der Waals surface area contributed by atoms with Gasteiger partial charge < -0.3 is 14.9 Å². The Balaban J connectivity index is 3.18. The number of aromatic nitrogens is 3. The third-order valence-corrected chi connectivity index (χ3v) is 2.26. The summed E-state index contributed by atoms with van der Waals surface area (Å²) in [5.41, 5.74) is 0. The third kappa shape index (κ3) is 3.26. The van der Waals surface area contributed by atoms with Crippen LogP contribution in [0.2, 0.25) is 0 Å². The van der Waals surface area contributed by atoms with Gasteiger partial charge in [0.05, 0.1) is 14.2 Å². The average Bonchev–Trinajstić information content (AvgIpc) is 2.83. The van der Waals surface area contributed by atoms with Gasteiger partial charge in [0.25, 0.3) is 0 Å². The molecule has 0 N–H and O–H groups in total. The molecule has 0 aliphatic carbocycles. The molecule has 0 fully saturated rings. The molecule has 0 aliphatic rings. The minimum absolute atomic E-state index is 0.189. The summed E-state index contributed by atoms with van der Waals surface area (Å²) in [6.07, 6.45) is 0. The fourth-order valence-corrected chi connectivity index (χ4v) is 1.33. The summed E-state index contributed by atoms with van der Waals surface area (Å²) >= 11 is 0. The van der Waals surface area contributed by atoms with Crippen LogP contribution in [0.5, 0.6) is 0 Å². The number of hydroxylamine groups is 2. The zero-order chi connectivity index (χ0) is 15.3. The van der Waals surface area contributed by atoms with Crippen molar-refractivity contribution >= 4 is 17.8 Å². The van der Waals surface area contributed by atoms with Crippen molar-refractivity contribution in [2.45, 2.75) is 13.5 Å². The number of hydrogen-bond donors (Lipinski definition) is 0. The topological polar surface area (TPSA) is 130 Å². The first-order valence-electron chi connectivity index (χ1n) is 5.46. The van der Waals surface area contributed by atoms with Gasteiger partial charge in [0.15, 0.2) is 6.54 Å². The minimum atomic E-state index is -0.867. The van der Waals surface area contributed by atoms with Crippen LogP contribution in [0, 0.1) is 10.1 Å². The Hall–Kier alpha value is -2.56. The van der Waals surface area contributed by atoms with E-state index < -0.39 is 29.3 Å². The minimum Gasteiger partial charge on any atom is -0.468 e. The van der Waals surface area contributed by atoms with Crippen LogP contribution in [-0.4, -0.2) is 57.4 Å². The highest BCUT2D eigenvalue weighted by molar-refractivity contribution is 5.90. The number of methoxy groups -OCH3 is 1. The van der Waals surface area contributed by atoms with E-state index in [4.69, 9.17) is 4.84 Å². The van der Waals surface area contributed by atoms with Crippen molar-refractivity contribution in [1.29, 1.82) is 0 Å². The highest BCUT2D eigenvalue weighted by Crippen LogP contribution is 2.09. The highest BCUT2D eigenvalue weighted by Gasteiger charge is 2.31. The lowest BCUT2D eigenvalue weighted by molar-refractivity contribution is -0.394. The van der Waals surface area contributed by atoms with Gasteiger partial charge in [-0.1, -0.05) is 0 Å². The summed E-state index contributed by atoms with van der Waals surface area (Å²) in [6, 6.07) is 0. The Labute approximate surface area is 113 Å². The lowest BCUT2D eigenvalue weighted by Gasteiger charge is -2.14. The van der Waals surface area contributed by atoms with Crippen molar-refractivity contribution in [2.24, 2.45) is 0 Å². The average molecular weight is 287 g/mol.